The van der Waals surface area contributed by atoms with E-state index < -0.39 is 4.92 Å². The summed E-state index contributed by atoms with van der Waals surface area (Å²) in [7, 11) is 1.61. The molecule has 0 aliphatic heterocycles. The lowest BCUT2D eigenvalue weighted by atomic mass is 10.1. The Morgan fingerprint density at radius 1 is 1.55 bits per heavy atom. The van der Waals surface area contributed by atoms with Crippen molar-refractivity contribution in [3.8, 4) is 0 Å². The summed E-state index contributed by atoms with van der Waals surface area (Å²) in [5.41, 5.74) is 0.780. The number of benzene rings is 1. The first kappa shape index (κ1) is 16.6. The molecule has 0 heterocycles. The first-order chi connectivity index (χ1) is 9.45. The van der Waals surface area contributed by atoms with E-state index >= 15 is 0 Å². The van der Waals surface area contributed by atoms with E-state index in [1.54, 1.807) is 26.2 Å². The minimum Gasteiger partial charge on any atom is -0.384 e. The highest BCUT2D eigenvalue weighted by atomic mass is 79.9. The van der Waals surface area contributed by atoms with E-state index in [-0.39, 0.29) is 16.4 Å². The van der Waals surface area contributed by atoms with Crippen LogP contribution in [-0.4, -0.2) is 35.9 Å². The largest absolute Gasteiger partial charge is 0.384 e. The summed E-state index contributed by atoms with van der Waals surface area (Å²) in [4.78, 5) is 22.4. The quantitative estimate of drug-likeness (QED) is 0.468. The topological polar surface area (TPSA) is 81.5 Å². The SMILES string of the molecule is COCC(Br)CCNC(=O)c1ccc(C)c([N+](=O)[O-])c1. The zero-order valence-electron chi connectivity index (χ0n) is 11.4. The lowest BCUT2D eigenvalue weighted by Gasteiger charge is -2.09. The molecule has 0 aliphatic rings. The third-order valence-electron chi connectivity index (χ3n) is 2.76. The van der Waals surface area contributed by atoms with Gasteiger partial charge in [0.1, 0.15) is 0 Å². The van der Waals surface area contributed by atoms with Crippen molar-refractivity contribution < 1.29 is 14.5 Å². The summed E-state index contributed by atoms with van der Waals surface area (Å²) in [6, 6.07) is 4.45. The van der Waals surface area contributed by atoms with Crippen molar-refractivity contribution in [2.24, 2.45) is 0 Å². The fourth-order valence-electron chi connectivity index (χ4n) is 1.66. The summed E-state index contributed by atoms with van der Waals surface area (Å²) < 4.78 is 4.97. The van der Waals surface area contributed by atoms with Crippen LogP contribution in [0.25, 0.3) is 0 Å². The van der Waals surface area contributed by atoms with Crippen LogP contribution in [0.1, 0.15) is 22.3 Å². The number of hydrogen-bond acceptors (Lipinski definition) is 4. The van der Waals surface area contributed by atoms with E-state index in [0.717, 1.165) is 0 Å². The molecule has 1 atom stereocenters. The van der Waals surface area contributed by atoms with Gasteiger partial charge in [0.25, 0.3) is 11.6 Å². The average molecular weight is 345 g/mol. The number of nitro groups is 1. The molecule has 0 aliphatic carbocycles. The molecule has 0 spiro atoms. The fourth-order valence-corrected chi connectivity index (χ4v) is 2.15. The van der Waals surface area contributed by atoms with E-state index in [2.05, 4.69) is 21.2 Å². The van der Waals surface area contributed by atoms with Gasteiger partial charge in [-0.15, -0.1) is 0 Å². The van der Waals surface area contributed by atoms with Gasteiger partial charge in [-0.2, -0.15) is 0 Å². The molecule has 6 nitrogen and oxygen atoms in total. The van der Waals surface area contributed by atoms with Crippen LogP contribution < -0.4 is 5.32 Å². The van der Waals surface area contributed by atoms with Crippen LogP contribution in [0.15, 0.2) is 18.2 Å². The van der Waals surface area contributed by atoms with Gasteiger partial charge in [-0.3, -0.25) is 14.9 Å². The van der Waals surface area contributed by atoms with E-state index in [1.165, 1.54) is 6.07 Å². The van der Waals surface area contributed by atoms with Gasteiger partial charge >= 0.3 is 0 Å². The van der Waals surface area contributed by atoms with Crippen LogP contribution in [0.4, 0.5) is 5.69 Å². The maximum absolute atomic E-state index is 11.9. The Balaban J connectivity index is 2.60. The third kappa shape index (κ3) is 4.90. The second-order valence-electron chi connectivity index (χ2n) is 4.36. The van der Waals surface area contributed by atoms with Crippen LogP contribution >= 0.6 is 15.9 Å². The van der Waals surface area contributed by atoms with Gasteiger partial charge in [-0.05, 0) is 19.4 Å². The molecule has 0 saturated carbocycles. The van der Waals surface area contributed by atoms with Crippen LogP contribution in [0.5, 0.6) is 0 Å². The zero-order chi connectivity index (χ0) is 15.1. The molecule has 0 radical (unpaired) electrons. The van der Waals surface area contributed by atoms with Gasteiger partial charge in [0.2, 0.25) is 0 Å². The molecule has 1 aromatic rings. The number of halogens is 1. The number of methoxy groups -OCH3 is 1. The number of nitrogens with one attached hydrogen (secondary N) is 1. The Hall–Kier alpha value is -1.47. The minimum atomic E-state index is -0.487. The van der Waals surface area contributed by atoms with Crippen LogP contribution in [0, 0.1) is 17.0 Å². The smallest absolute Gasteiger partial charge is 0.273 e. The second-order valence-corrected chi connectivity index (χ2v) is 5.65. The van der Waals surface area contributed by atoms with E-state index in [1.807, 2.05) is 0 Å². The van der Waals surface area contributed by atoms with Crippen LogP contribution in [0.2, 0.25) is 0 Å². The molecule has 0 saturated heterocycles. The summed E-state index contributed by atoms with van der Waals surface area (Å²) in [5.74, 6) is -0.315. The molecule has 1 N–H and O–H groups in total. The highest BCUT2D eigenvalue weighted by molar-refractivity contribution is 9.09. The number of nitro benzene ring substituents is 1. The number of carbonyl (C=O) groups excluding carboxylic acids is 1. The Morgan fingerprint density at radius 2 is 2.25 bits per heavy atom. The van der Waals surface area contributed by atoms with Gasteiger partial charge in [0.15, 0.2) is 0 Å². The monoisotopic (exact) mass is 344 g/mol. The van der Waals surface area contributed by atoms with Gasteiger partial charge in [0, 0.05) is 35.7 Å². The van der Waals surface area contributed by atoms with Gasteiger partial charge in [-0.25, -0.2) is 0 Å². The molecule has 1 amide bonds. The number of aryl methyl sites for hydroxylation is 1. The van der Waals surface area contributed by atoms with Crippen molar-refractivity contribution in [1.29, 1.82) is 0 Å². The lowest BCUT2D eigenvalue weighted by molar-refractivity contribution is -0.385. The molecular formula is C13H17BrN2O4. The fraction of sp³-hybridized carbons (Fsp3) is 0.462. The molecule has 0 fully saturated rings. The first-order valence-corrected chi connectivity index (χ1v) is 7.03. The van der Waals surface area contributed by atoms with E-state index in [4.69, 9.17) is 4.74 Å². The zero-order valence-corrected chi connectivity index (χ0v) is 13.0. The molecule has 20 heavy (non-hydrogen) atoms. The van der Waals surface area contributed by atoms with Crippen molar-refractivity contribution in [2.45, 2.75) is 18.2 Å². The van der Waals surface area contributed by atoms with Crippen molar-refractivity contribution in [3.63, 3.8) is 0 Å². The number of carbonyl (C=O) groups is 1. The maximum Gasteiger partial charge on any atom is 0.273 e. The normalized spacial score (nSPS) is 11.9. The summed E-state index contributed by atoms with van der Waals surface area (Å²) >= 11 is 3.42. The number of hydrogen-bond donors (Lipinski definition) is 1. The molecule has 1 aromatic carbocycles. The second kappa shape index (κ2) is 7.96. The summed E-state index contributed by atoms with van der Waals surface area (Å²) in [5, 5.41) is 13.6. The number of rotatable bonds is 7. The Labute approximate surface area is 125 Å². The molecular weight excluding hydrogens is 328 g/mol. The standard InChI is InChI=1S/C13H17BrN2O4/c1-9-3-4-10(7-12(9)16(18)19)13(17)15-6-5-11(14)8-20-2/h3-4,7,11H,5-6,8H2,1-2H3,(H,15,17). The first-order valence-electron chi connectivity index (χ1n) is 6.12. The van der Waals surface area contributed by atoms with E-state index in [0.29, 0.717) is 30.7 Å². The van der Waals surface area contributed by atoms with Gasteiger partial charge < -0.3 is 10.1 Å². The lowest BCUT2D eigenvalue weighted by Crippen LogP contribution is -2.27. The Morgan fingerprint density at radius 3 is 2.85 bits per heavy atom. The molecule has 0 aromatic heterocycles. The van der Waals surface area contributed by atoms with Gasteiger partial charge in [-0.1, -0.05) is 22.0 Å². The predicted molar refractivity (Wildman–Crippen MR) is 79.4 cm³/mol. The van der Waals surface area contributed by atoms with Crippen molar-refractivity contribution in [1.82, 2.24) is 5.32 Å². The molecule has 0 bridgehead atoms. The number of nitrogens with zero attached hydrogens (tertiary/aromatic N) is 1. The van der Waals surface area contributed by atoms with E-state index in [9.17, 15) is 14.9 Å². The molecule has 1 unspecified atom stereocenters. The number of alkyl halides is 1. The van der Waals surface area contributed by atoms with Crippen molar-refractivity contribution >= 4 is 27.5 Å². The minimum absolute atomic E-state index is 0.0459. The number of ether oxygens (including phenoxy) is 1. The van der Waals surface area contributed by atoms with Crippen LogP contribution in [0.3, 0.4) is 0 Å². The highest BCUT2D eigenvalue weighted by Crippen LogP contribution is 2.19. The molecule has 7 heteroatoms. The van der Waals surface area contributed by atoms with Gasteiger partial charge in [0.05, 0.1) is 11.5 Å². The highest BCUT2D eigenvalue weighted by Gasteiger charge is 2.15. The van der Waals surface area contributed by atoms with Crippen molar-refractivity contribution in [2.75, 3.05) is 20.3 Å². The third-order valence-corrected chi connectivity index (χ3v) is 3.48. The average Bonchev–Trinajstić information content (AvgIpc) is 2.39. The Kier molecular flexibility index (Phi) is 6.60. The van der Waals surface area contributed by atoms with Crippen LogP contribution in [-0.2, 0) is 4.74 Å². The Bertz CT molecular complexity index is 493. The molecule has 1 rings (SSSR count). The summed E-state index contributed by atoms with van der Waals surface area (Å²) in [6.07, 6.45) is 0.716. The van der Waals surface area contributed by atoms with Crippen molar-refractivity contribution in [3.05, 3.63) is 39.4 Å². The summed E-state index contributed by atoms with van der Waals surface area (Å²) in [6.45, 7) is 2.67. The number of amides is 1. The predicted octanol–water partition coefficient (Wildman–Crippen LogP) is 2.43. The molecule has 110 valence electrons. The maximum atomic E-state index is 11.9.